The summed E-state index contributed by atoms with van der Waals surface area (Å²) in [6, 6.07) is 10.1. The van der Waals surface area contributed by atoms with E-state index in [9.17, 15) is 5.26 Å². The van der Waals surface area contributed by atoms with Crippen LogP contribution in [-0.2, 0) is 4.74 Å². The van der Waals surface area contributed by atoms with E-state index in [0.29, 0.717) is 5.56 Å². The van der Waals surface area contributed by atoms with E-state index in [4.69, 9.17) is 4.74 Å². The Morgan fingerprint density at radius 2 is 2.25 bits per heavy atom. The number of hydrogen-bond acceptors (Lipinski definition) is 4. The lowest BCUT2D eigenvalue weighted by Crippen LogP contribution is -2.27. The smallest absolute Gasteiger partial charge is 0.103 e. The standard InChI is InChI=1S/C16H17N3O/c17-9-12-10-18-15-7-2-1-6-14(15)16(12)19-11-13-5-3-4-8-20-13/h1-2,6-7,10,13H,3-5,8,11H2,(H,18,19). The number of fused-ring (bicyclic) bond motifs is 1. The molecule has 3 rings (SSSR count). The van der Waals surface area contributed by atoms with Crippen molar-refractivity contribution in [3.8, 4) is 6.07 Å². The van der Waals surface area contributed by atoms with Gasteiger partial charge in [0.25, 0.3) is 0 Å². The highest BCUT2D eigenvalue weighted by atomic mass is 16.5. The molecule has 1 N–H and O–H groups in total. The van der Waals surface area contributed by atoms with Crippen LogP contribution in [0.25, 0.3) is 10.9 Å². The first-order valence-corrected chi connectivity index (χ1v) is 7.02. The highest BCUT2D eigenvalue weighted by molar-refractivity contribution is 5.93. The minimum absolute atomic E-state index is 0.238. The molecule has 1 fully saturated rings. The highest BCUT2D eigenvalue weighted by Crippen LogP contribution is 2.25. The van der Waals surface area contributed by atoms with Gasteiger partial charge in [0, 0.05) is 24.7 Å². The van der Waals surface area contributed by atoms with Crippen LogP contribution in [0.2, 0.25) is 0 Å². The Balaban J connectivity index is 1.87. The summed E-state index contributed by atoms with van der Waals surface area (Å²) in [5.41, 5.74) is 2.35. The van der Waals surface area contributed by atoms with Crippen LogP contribution in [-0.4, -0.2) is 24.2 Å². The van der Waals surface area contributed by atoms with E-state index >= 15 is 0 Å². The molecule has 102 valence electrons. The maximum absolute atomic E-state index is 9.25. The fourth-order valence-corrected chi connectivity index (χ4v) is 2.60. The predicted octanol–water partition coefficient (Wildman–Crippen LogP) is 3.09. The molecule has 1 atom stereocenters. The van der Waals surface area contributed by atoms with Gasteiger partial charge in [-0.25, -0.2) is 0 Å². The summed E-state index contributed by atoms with van der Waals surface area (Å²) in [5, 5.41) is 13.6. The summed E-state index contributed by atoms with van der Waals surface area (Å²) in [7, 11) is 0. The molecule has 1 aliphatic heterocycles. The second-order valence-corrected chi connectivity index (χ2v) is 5.05. The van der Waals surface area contributed by atoms with E-state index in [1.54, 1.807) is 6.20 Å². The van der Waals surface area contributed by atoms with E-state index < -0.39 is 0 Å². The third-order valence-corrected chi connectivity index (χ3v) is 3.68. The average molecular weight is 267 g/mol. The second-order valence-electron chi connectivity index (χ2n) is 5.05. The van der Waals surface area contributed by atoms with Gasteiger partial charge in [0.1, 0.15) is 6.07 Å². The summed E-state index contributed by atoms with van der Waals surface area (Å²) < 4.78 is 5.72. The molecular weight excluding hydrogens is 250 g/mol. The molecule has 1 aromatic carbocycles. The zero-order valence-corrected chi connectivity index (χ0v) is 11.3. The molecule has 4 nitrogen and oxygen atoms in total. The van der Waals surface area contributed by atoms with Crippen LogP contribution >= 0.6 is 0 Å². The van der Waals surface area contributed by atoms with E-state index in [1.165, 1.54) is 6.42 Å². The van der Waals surface area contributed by atoms with Gasteiger partial charge in [-0.05, 0) is 25.3 Å². The van der Waals surface area contributed by atoms with E-state index in [1.807, 2.05) is 24.3 Å². The molecule has 0 saturated carbocycles. The number of ether oxygens (including phenoxy) is 1. The minimum Gasteiger partial charge on any atom is -0.381 e. The number of pyridine rings is 1. The molecule has 2 aromatic rings. The van der Waals surface area contributed by atoms with Crippen molar-refractivity contribution in [1.82, 2.24) is 4.98 Å². The third kappa shape index (κ3) is 2.59. The van der Waals surface area contributed by atoms with Crippen molar-refractivity contribution < 1.29 is 4.74 Å². The number of aromatic nitrogens is 1. The van der Waals surface area contributed by atoms with Crippen molar-refractivity contribution in [1.29, 1.82) is 5.26 Å². The van der Waals surface area contributed by atoms with Crippen molar-refractivity contribution in [2.45, 2.75) is 25.4 Å². The summed E-state index contributed by atoms with van der Waals surface area (Å²) in [6.45, 7) is 1.58. The number of nitrogens with one attached hydrogen (secondary N) is 1. The summed E-state index contributed by atoms with van der Waals surface area (Å²) in [4.78, 5) is 4.31. The van der Waals surface area contributed by atoms with Crippen molar-refractivity contribution in [3.63, 3.8) is 0 Å². The van der Waals surface area contributed by atoms with Crippen LogP contribution in [0.1, 0.15) is 24.8 Å². The fraction of sp³-hybridized carbons (Fsp3) is 0.375. The van der Waals surface area contributed by atoms with E-state index in [2.05, 4.69) is 16.4 Å². The molecule has 1 aromatic heterocycles. The molecule has 0 radical (unpaired) electrons. The second kappa shape index (κ2) is 5.89. The third-order valence-electron chi connectivity index (χ3n) is 3.68. The Labute approximate surface area is 118 Å². The van der Waals surface area contributed by atoms with Gasteiger partial charge >= 0.3 is 0 Å². The fourth-order valence-electron chi connectivity index (χ4n) is 2.60. The van der Waals surface area contributed by atoms with Gasteiger partial charge in [-0.3, -0.25) is 4.98 Å². The van der Waals surface area contributed by atoms with Crippen molar-refractivity contribution in [2.24, 2.45) is 0 Å². The van der Waals surface area contributed by atoms with Gasteiger partial charge in [-0.2, -0.15) is 5.26 Å². The number of benzene rings is 1. The Bertz CT molecular complexity index is 642. The van der Waals surface area contributed by atoms with Gasteiger partial charge < -0.3 is 10.1 Å². The van der Waals surface area contributed by atoms with Crippen LogP contribution in [0.5, 0.6) is 0 Å². The van der Waals surface area contributed by atoms with Crippen LogP contribution in [0.4, 0.5) is 5.69 Å². The Morgan fingerprint density at radius 3 is 3.05 bits per heavy atom. The maximum atomic E-state index is 9.25. The molecule has 1 saturated heterocycles. The van der Waals surface area contributed by atoms with Crippen molar-refractivity contribution >= 4 is 16.6 Å². The van der Waals surface area contributed by atoms with Crippen molar-refractivity contribution in [3.05, 3.63) is 36.0 Å². The lowest BCUT2D eigenvalue weighted by atomic mass is 10.1. The van der Waals surface area contributed by atoms with E-state index in [-0.39, 0.29) is 6.10 Å². The zero-order valence-electron chi connectivity index (χ0n) is 11.3. The summed E-state index contributed by atoms with van der Waals surface area (Å²) >= 11 is 0. The van der Waals surface area contributed by atoms with Crippen LogP contribution in [0.15, 0.2) is 30.5 Å². The van der Waals surface area contributed by atoms with Gasteiger partial charge in [0.15, 0.2) is 0 Å². The normalized spacial score (nSPS) is 18.6. The molecule has 0 aliphatic carbocycles. The summed E-state index contributed by atoms with van der Waals surface area (Å²) in [5.74, 6) is 0. The number of anilines is 1. The van der Waals surface area contributed by atoms with Crippen molar-refractivity contribution in [2.75, 3.05) is 18.5 Å². The number of hydrogen-bond donors (Lipinski definition) is 1. The first kappa shape index (κ1) is 12.9. The molecule has 0 bridgehead atoms. The van der Waals surface area contributed by atoms with E-state index in [0.717, 1.165) is 42.6 Å². The molecule has 20 heavy (non-hydrogen) atoms. The number of rotatable bonds is 3. The Hall–Kier alpha value is -2.12. The van der Waals surface area contributed by atoms with Crippen LogP contribution in [0.3, 0.4) is 0 Å². The van der Waals surface area contributed by atoms with Gasteiger partial charge in [0.05, 0.1) is 22.9 Å². The summed E-state index contributed by atoms with van der Waals surface area (Å²) in [6.07, 6.45) is 5.32. The Kier molecular flexibility index (Phi) is 3.80. The number of para-hydroxylation sites is 1. The first-order valence-electron chi connectivity index (χ1n) is 7.02. The SMILES string of the molecule is N#Cc1cnc2ccccc2c1NCC1CCCCO1. The minimum atomic E-state index is 0.238. The Morgan fingerprint density at radius 1 is 1.35 bits per heavy atom. The zero-order chi connectivity index (χ0) is 13.8. The lowest BCUT2D eigenvalue weighted by Gasteiger charge is -2.23. The predicted molar refractivity (Wildman–Crippen MR) is 78.5 cm³/mol. The molecule has 0 amide bonds. The monoisotopic (exact) mass is 267 g/mol. The largest absolute Gasteiger partial charge is 0.381 e. The van der Waals surface area contributed by atoms with Gasteiger partial charge in [-0.15, -0.1) is 0 Å². The number of nitriles is 1. The molecule has 2 heterocycles. The first-order chi connectivity index (χ1) is 9.88. The number of nitrogens with zero attached hydrogens (tertiary/aromatic N) is 2. The molecule has 1 aliphatic rings. The maximum Gasteiger partial charge on any atom is 0.103 e. The van der Waals surface area contributed by atoms with Gasteiger partial charge in [0.2, 0.25) is 0 Å². The average Bonchev–Trinajstić information content (AvgIpc) is 2.53. The topological polar surface area (TPSA) is 57.9 Å². The molecule has 0 spiro atoms. The molecular formula is C16H17N3O. The molecule has 1 unspecified atom stereocenters. The highest BCUT2D eigenvalue weighted by Gasteiger charge is 2.15. The van der Waals surface area contributed by atoms with Crippen LogP contribution in [0, 0.1) is 11.3 Å². The lowest BCUT2D eigenvalue weighted by molar-refractivity contribution is 0.0248. The van der Waals surface area contributed by atoms with Crippen LogP contribution < -0.4 is 5.32 Å². The quantitative estimate of drug-likeness (QED) is 0.928. The van der Waals surface area contributed by atoms with Gasteiger partial charge in [-0.1, -0.05) is 18.2 Å². The molecule has 4 heteroatoms.